The molecule has 3 aromatic carbocycles. The van der Waals surface area contributed by atoms with Gasteiger partial charge in [-0.3, -0.25) is 14.4 Å². The van der Waals surface area contributed by atoms with Crippen LogP contribution in [0.3, 0.4) is 0 Å². The van der Waals surface area contributed by atoms with Crippen LogP contribution in [0.5, 0.6) is 34.5 Å². The van der Waals surface area contributed by atoms with Gasteiger partial charge in [0, 0.05) is 33.5 Å². The number of ketones is 1. The van der Waals surface area contributed by atoms with Crippen molar-refractivity contribution in [3.05, 3.63) is 86.9 Å². The zero-order valence-corrected chi connectivity index (χ0v) is 22.7. The molecule has 0 saturated heterocycles. The zero-order valence-electron chi connectivity index (χ0n) is 22.7. The first-order chi connectivity index (χ1) is 19.9. The molecule has 1 N–H and O–H groups in total. The average molecular weight is 556 g/mol. The van der Waals surface area contributed by atoms with E-state index >= 15 is 0 Å². The molecule has 0 spiro atoms. The van der Waals surface area contributed by atoms with Gasteiger partial charge in [0.1, 0.15) is 17.2 Å². The van der Waals surface area contributed by atoms with E-state index in [0.29, 0.717) is 45.2 Å². The minimum atomic E-state index is -0.719. The lowest BCUT2D eigenvalue weighted by Crippen LogP contribution is -2.26. The number of aromatic amines is 1. The molecule has 10 nitrogen and oxygen atoms in total. The van der Waals surface area contributed by atoms with Gasteiger partial charge < -0.3 is 33.4 Å². The summed E-state index contributed by atoms with van der Waals surface area (Å²) in [5.74, 6) is 0.723. The Morgan fingerprint density at radius 1 is 0.854 bits per heavy atom. The lowest BCUT2D eigenvalue weighted by molar-refractivity contribution is -0.135. The third-order valence-corrected chi connectivity index (χ3v) is 7.26. The molecule has 0 fully saturated rings. The number of pyridine rings is 1. The fourth-order valence-corrected chi connectivity index (χ4v) is 5.34. The summed E-state index contributed by atoms with van der Waals surface area (Å²) < 4.78 is 33.4. The van der Waals surface area contributed by atoms with Gasteiger partial charge in [0.15, 0.2) is 17.3 Å². The number of aromatic nitrogens is 1. The molecule has 1 atom stereocenters. The predicted octanol–water partition coefficient (Wildman–Crippen LogP) is 4.62. The Morgan fingerprint density at radius 3 is 2.39 bits per heavy atom. The Bertz CT molecular complexity index is 1840. The highest BCUT2D eigenvalue weighted by molar-refractivity contribution is 6.15. The molecule has 0 aliphatic carbocycles. The lowest BCUT2D eigenvalue weighted by Gasteiger charge is -2.26. The van der Waals surface area contributed by atoms with Crippen molar-refractivity contribution in [3.63, 3.8) is 0 Å². The molecule has 1 unspecified atom stereocenters. The molecule has 6 rings (SSSR count). The van der Waals surface area contributed by atoms with Crippen LogP contribution in [0.1, 0.15) is 39.4 Å². The summed E-state index contributed by atoms with van der Waals surface area (Å²) in [6, 6.07) is 13.5. The third-order valence-electron chi connectivity index (χ3n) is 7.26. The maximum absolute atomic E-state index is 13.5. The van der Waals surface area contributed by atoms with E-state index in [1.165, 1.54) is 21.3 Å². The molecule has 41 heavy (non-hydrogen) atoms. The smallest absolute Gasteiger partial charge is 0.312 e. The molecule has 2 aliphatic heterocycles. The van der Waals surface area contributed by atoms with Crippen molar-refractivity contribution in [1.82, 2.24) is 4.98 Å². The monoisotopic (exact) mass is 555 g/mol. The number of nitrogens with one attached hydrogen (secondary N) is 1. The highest BCUT2D eigenvalue weighted by Gasteiger charge is 2.39. The van der Waals surface area contributed by atoms with Crippen LogP contribution < -0.4 is 34.0 Å². The maximum Gasteiger partial charge on any atom is 0.312 e. The van der Waals surface area contributed by atoms with E-state index in [-0.39, 0.29) is 40.6 Å². The van der Waals surface area contributed by atoms with E-state index < -0.39 is 11.9 Å². The standard InChI is InChI=1S/C31H25NO9/c1-36-17-6-8-21-16(11-17)12-20(31(35)32-21)19-14-25(33)40-22-10-7-18-27(34)24(41-29(18)26(19)22)13-15-5-9-23(37-2)30(39-4)28(15)38-3/h5-13,19H,14H2,1-4H3,(H,32,35). The van der Waals surface area contributed by atoms with E-state index in [2.05, 4.69) is 4.98 Å². The summed E-state index contributed by atoms with van der Waals surface area (Å²) in [5, 5.41) is 0.727. The molecule has 0 bridgehead atoms. The van der Waals surface area contributed by atoms with Gasteiger partial charge in [-0.15, -0.1) is 0 Å². The number of benzene rings is 3. The number of ether oxygens (including phenoxy) is 6. The number of carbonyl (C=O) groups is 2. The van der Waals surface area contributed by atoms with Gasteiger partial charge in [-0.2, -0.15) is 0 Å². The summed E-state index contributed by atoms with van der Waals surface area (Å²) in [7, 11) is 6.04. The fraction of sp³-hybridized carbons (Fsp3) is 0.194. The van der Waals surface area contributed by atoms with Crippen molar-refractivity contribution in [2.75, 3.05) is 28.4 Å². The second-order valence-electron chi connectivity index (χ2n) is 9.46. The van der Waals surface area contributed by atoms with Crippen LogP contribution >= 0.6 is 0 Å². The van der Waals surface area contributed by atoms with Crippen LogP contribution in [-0.2, 0) is 4.79 Å². The van der Waals surface area contributed by atoms with Crippen LogP contribution in [-0.4, -0.2) is 45.2 Å². The number of Topliss-reactive ketones (excluding diaryl/α,β-unsaturated/α-hetero) is 1. The number of esters is 1. The molecular formula is C31H25NO9. The van der Waals surface area contributed by atoms with Crippen molar-refractivity contribution in [1.29, 1.82) is 0 Å². The van der Waals surface area contributed by atoms with E-state index in [4.69, 9.17) is 28.4 Å². The average Bonchev–Trinajstić information content (AvgIpc) is 3.30. The summed E-state index contributed by atoms with van der Waals surface area (Å²) >= 11 is 0. The van der Waals surface area contributed by atoms with Crippen LogP contribution in [0.25, 0.3) is 17.0 Å². The van der Waals surface area contributed by atoms with Gasteiger partial charge in [0.05, 0.1) is 40.4 Å². The largest absolute Gasteiger partial charge is 0.497 e. The zero-order chi connectivity index (χ0) is 28.8. The predicted molar refractivity (Wildman–Crippen MR) is 149 cm³/mol. The summed E-state index contributed by atoms with van der Waals surface area (Å²) in [4.78, 5) is 42.3. The van der Waals surface area contributed by atoms with Gasteiger partial charge in [0.25, 0.3) is 5.56 Å². The normalized spacial score (nSPS) is 16.6. The number of carbonyl (C=O) groups excluding carboxylic acids is 2. The first kappa shape index (κ1) is 26.0. The third kappa shape index (κ3) is 4.24. The number of H-pyrrole nitrogens is 1. The van der Waals surface area contributed by atoms with Gasteiger partial charge in [0.2, 0.25) is 11.5 Å². The Balaban J connectivity index is 1.48. The first-order valence-corrected chi connectivity index (χ1v) is 12.7. The van der Waals surface area contributed by atoms with Crippen molar-refractivity contribution in [3.8, 4) is 34.5 Å². The van der Waals surface area contributed by atoms with E-state index in [1.54, 1.807) is 61.7 Å². The highest BCUT2D eigenvalue weighted by atomic mass is 16.5. The maximum atomic E-state index is 13.5. The van der Waals surface area contributed by atoms with Crippen molar-refractivity contribution in [2.24, 2.45) is 0 Å². The van der Waals surface area contributed by atoms with E-state index in [9.17, 15) is 14.4 Å². The number of allylic oxidation sites excluding steroid dienone is 1. The lowest BCUT2D eigenvalue weighted by atomic mass is 9.85. The molecule has 208 valence electrons. The Kier molecular flexibility index (Phi) is 6.37. The van der Waals surface area contributed by atoms with E-state index in [0.717, 1.165) is 5.39 Å². The van der Waals surface area contributed by atoms with Crippen LogP contribution in [0, 0.1) is 0 Å². The second kappa shape index (κ2) is 10.1. The molecule has 1 aromatic heterocycles. The van der Waals surface area contributed by atoms with Crippen LogP contribution in [0.4, 0.5) is 0 Å². The fourth-order valence-electron chi connectivity index (χ4n) is 5.34. The molecule has 2 aliphatic rings. The summed E-state index contributed by atoms with van der Waals surface area (Å²) in [5.41, 5.74) is 1.87. The quantitative estimate of drug-likeness (QED) is 0.206. The van der Waals surface area contributed by atoms with Gasteiger partial charge >= 0.3 is 5.97 Å². The topological polar surface area (TPSA) is 122 Å². The first-order valence-electron chi connectivity index (χ1n) is 12.7. The number of fused-ring (bicyclic) bond motifs is 4. The number of hydrogen-bond donors (Lipinski definition) is 1. The van der Waals surface area contributed by atoms with Gasteiger partial charge in [-0.25, -0.2) is 0 Å². The Morgan fingerprint density at radius 2 is 1.66 bits per heavy atom. The second-order valence-corrected chi connectivity index (χ2v) is 9.46. The SMILES string of the molecule is COc1ccc2[nH]c(=O)c(C3CC(=O)Oc4ccc5c(c43)OC(=Cc3ccc(OC)c(OC)c3OC)C5=O)cc2c1. The minimum Gasteiger partial charge on any atom is -0.497 e. The van der Waals surface area contributed by atoms with Crippen LogP contribution in [0.2, 0.25) is 0 Å². The molecule has 0 saturated carbocycles. The molecule has 4 aromatic rings. The number of methoxy groups -OCH3 is 4. The molecule has 0 amide bonds. The van der Waals surface area contributed by atoms with E-state index in [1.807, 2.05) is 0 Å². The Hall–Kier alpha value is -5.25. The summed E-state index contributed by atoms with van der Waals surface area (Å²) in [6.07, 6.45) is 1.44. The van der Waals surface area contributed by atoms with Crippen molar-refractivity contribution >= 4 is 28.7 Å². The van der Waals surface area contributed by atoms with Gasteiger partial charge in [-0.1, -0.05) is 0 Å². The van der Waals surface area contributed by atoms with Crippen molar-refractivity contribution in [2.45, 2.75) is 12.3 Å². The molecule has 3 heterocycles. The van der Waals surface area contributed by atoms with Crippen molar-refractivity contribution < 1.29 is 38.0 Å². The minimum absolute atomic E-state index is 0.0340. The highest BCUT2D eigenvalue weighted by Crippen LogP contribution is 2.49. The number of hydrogen-bond acceptors (Lipinski definition) is 9. The van der Waals surface area contributed by atoms with Crippen LogP contribution in [0.15, 0.2) is 59.1 Å². The van der Waals surface area contributed by atoms with Gasteiger partial charge in [-0.05, 0) is 54.6 Å². The molecule has 0 radical (unpaired) electrons. The molecule has 10 heteroatoms. The number of rotatable bonds is 6. The summed E-state index contributed by atoms with van der Waals surface area (Å²) in [6.45, 7) is 0. The molecular weight excluding hydrogens is 530 g/mol. The Labute approximate surface area is 234 Å².